The first-order chi connectivity index (χ1) is 10.1. The Bertz CT molecular complexity index is 449. The van der Waals surface area contributed by atoms with Crippen LogP contribution in [0.15, 0.2) is 30.3 Å². The summed E-state index contributed by atoms with van der Waals surface area (Å²) in [5.41, 5.74) is 1.22. The fourth-order valence-corrected chi connectivity index (χ4v) is 2.69. The van der Waals surface area contributed by atoms with Crippen molar-refractivity contribution in [3.63, 3.8) is 0 Å². The van der Waals surface area contributed by atoms with Crippen LogP contribution in [0.1, 0.15) is 31.9 Å². The second-order valence-corrected chi connectivity index (χ2v) is 5.97. The van der Waals surface area contributed by atoms with E-state index in [-0.39, 0.29) is 11.9 Å². The van der Waals surface area contributed by atoms with Crippen molar-refractivity contribution in [3.05, 3.63) is 35.9 Å². The number of likely N-dealkylation sites (N-methyl/N-ethyl adjacent to an activating group) is 1. The summed E-state index contributed by atoms with van der Waals surface area (Å²) in [6.07, 6.45) is 1.04. The Labute approximate surface area is 128 Å². The number of carbonyl (C=O) groups is 1. The third-order valence-corrected chi connectivity index (χ3v) is 4.30. The maximum absolute atomic E-state index is 12.6. The third-order valence-electron chi connectivity index (χ3n) is 4.30. The molecule has 116 valence electrons. The average Bonchev–Trinajstić information content (AvgIpc) is 2.53. The van der Waals surface area contributed by atoms with Crippen LogP contribution >= 0.6 is 0 Å². The zero-order valence-electron chi connectivity index (χ0n) is 13.4. The van der Waals surface area contributed by atoms with Gasteiger partial charge in [-0.25, -0.2) is 0 Å². The van der Waals surface area contributed by atoms with Crippen molar-refractivity contribution in [2.75, 3.05) is 33.2 Å². The molecule has 1 heterocycles. The Morgan fingerprint density at radius 3 is 2.71 bits per heavy atom. The van der Waals surface area contributed by atoms with Crippen LogP contribution < -0.4 is 5.32 Å². The average molecular weight is 289 g/mol. The van der Waals surface area contributed by atoms with Gasteiger partial charge in [-0.05, 0) is 26.0 Å². The van der Waals surface area contributed by atoms with E-state index in [1.807, 2.05) is 23.1 Å². The summed E-state index contributed by atoms with van der Waals surface area (Å²) in [4.78, 5) is 16.9. The van der Waals surface area contributed by atoms with Crippen LogP contribution in [-0.4, -0.2) is 55.0 Å². The van der Waals surface area contributed by atoms with Crippen LogP contribution in [0.4, 0.5) is 0 Å². The fourth-order valence-electron chi connectivity index (χ4n) is 2.69. The van der Waals surface area contributed by atoms with Gasteiger partial charge in [0, 0.05) is 25.7 Å². The molecule has 4 heteroatoms. The number of nitrogens with one attached hydrogen (secondary N) is 1. The Morgan fingerprint density at radius 2 is 2.05 bits per heavy atom. The summed E-state index contributed by atoms with van der Waals surface area (Å²) in [6, 6.07) is 10.9. The molecule has 1 aromatic carbocycles. The summed E-state index contributed by atoms with van der Waals surface area (Å²) >= 11 is 0. The van der Waals surface area contributed by atoms with E-state index in [4.69, 9.17) is 0 Å². The molecule has 0 aliphatic carbocycles. The molecule has 1 fully saturated rings. The smallest absolute Gasteiger partial charge is 0.237 e. The van der Waals surface area contributed by atoms with Crippen LogP contribution in [-0.2, 0) is 4.79 Å². The standard InChI is InChI=1S/C17H27N3O/c1-4-14(2)18-12-17(21)20-11-10-19(3)13-16(20)15-8-6-5-7-9-15/h5-9,14,16,18H,4,10-13H2,1-3H3. The number of hydrogen-bond donors (Lipinski definition) is 1. The van der Waals surface area contributed by atoms with E-state index >= 15 is 0 Å². The highest BCUT2D eigenvalue weighted by atomic mass is 16.2. The van der Waals surface area contributed by atoms with Crippen molar-refractivity contribution in [2.45, 2.75) is 32.4 Å². The van der Waals surface area contributed by atoms with Crippen molar-refractivity contribution < 1.29 is 4.79 Å². The van der Waals surface area contributed by atoms with Crippen LogP contribution in [0.2, 0.25) is 0 Å². The molecule has 4 nitrogen and oxygen atoms in total. The second-order valence-electron chi connectivity index (χ2n) is 5.97. The molecule has 1 aliphatic heterocycles. The maximum Gasteiger partial charge on any atom is 0.237 e. The second kappa shape index (κ2) is 7.57. The van der Waals surface area contributed by atoms with Crippen LogP contribution in [0.3, 0.4) is 0 Å². The molecule has 1 N–H and O–H groups in total. The van der Waals surface area contributed by atoms with Gasteiger partial charge in [0.2, 0.25) is 5.91 Å². The van der Waals surface area contributed by atoms with Gasteiger partial charge < -0.3 is 15.1 Å². The fraction of sp³-hybridized carbons (Fsp3) is 0.588. The Morgan fingerprint density at radius 1 is 1.33 bits per heavy atom. The lowest BCUT2D eigenvalue weighted by Gasteiger charge is -2.40. The zero-order valence-corrected chi connectivity index (χ0v) is 13.4. The van der Waals surface area contributed by atoms with Crippen LogP contribution in [0.5, 0.6) is 0 Å². The quantitative estimate of drug-likeness (QED) is 0.899. The lowest BCUT2D eigenvalue weighted by atomic mass is 10.0. The number of rotatable bonds is 5. The van der Waals surface area contributed by atoms with Crippen molar-refractivity contribution >= 4 is 5.91 Å². The molecule has 1 aliphatic rings. The molecule has 1 saturated heterocycles. The van der Waals surface area contributed by atoms with Crippen LogP contribution in [0.25, 0.3) is 0 Å². The lowest BCUT2D eigenvalue weighted by molar-refractivity contribution is -0.135. The molecule has 2 unspecified atom stereocenters. The van der Waals surface area contributed by atoms with Gasteiger partial charge >= 0.3 is 0 Å². The number of amides is 1. The maximum atomic E-state index is 12.6. The molecule has 0 aromatic heterocycles. The molecule has 0 bridgehead atoms. The molecule has 1 aromatic rings. The van der Waals surface area contributed by atoms with Gasteiger partial charge in [-0.3, -0.25) is 4.79 Å². The SMILES string of the molecule is CCC(C)NCC(=O)N1CCN(C)CC1c1ccccc1. The molecule has 1 amide bonds. The van der Waals surface area contributed by atoms with E-state index < -0.39 is 0 Å². The van der Waals surface area contributed by atoms with E-state index in [2.05, 4.69) is 43.2 Å². The first-order valence-corrected chi connectivity index (χ1v) is 7.88. The summed E-state index contributed by atoms with van der Waals surface area (Å²) in [6.45, 7) is 7.33. The molecule has 0 spiro atoms. The van der Waals surface area contributed by atoms with E-state index in [1.54, 1.807) is 0 Å². The molecule has 0 radical (unpaired) electrons. The van der Waals surface area contributed by atoms with Gasteiger partial charge in [0.05, 0.1) is 12.6 Å². The summed E-state index contributed by atoms with van der Waals surface area (Å²) in [5, 5.41) is 3.31. The molecule has 2 rings (SSSR count). The summed E-state index contributed by atoms with van der Waals surface area (Å²) < 4.78 is 0. The third kappa shape index (κ3) is 4.29. The minimum atomic E-state index is 0.163. The highest BCUT2D eigenvalue weighted by molar-refractivity contribution is 5.79. The molecule has 21 heavy (non-hydrogen) atoms. The van der Waals surface area contributed by atoms with E-state index in [0.717, 1.165) is 26.1 Å². The predicted octanol–water partition coefficient (Wildman–Crippen LogP) is 1.89. The van der Waals surface area contributed by atoms with Crippen molar-refractivity contribution in [3.8, 4) is 0 Å². The van der Waals surface area contributed by atoms with E-state index in [1.165, 1.54) is 5.56 Å². The normalized spacial score (nSPS) is 21.3. The van der Waals surface area contributed by atoms with Gasteiger partial charge in [0.15, 0.2) is 0 Å². The number of carbonyl (C=O) groups excluding carboxylic acids is 1. The minimum Gasteiger partial charge on any atom is -0.332 e. The zero-order chi connectivity index (χ0) is 15.2. The highest BCUT2D eigenvalue weighted by Crippen LogP contribution is 2.24. The topological polar surface area (TPSA) is 35.6 Å². The number of hydrogen-bond acceptors (Lipinski definition) is 3. The minimum absolute atomic E-state index is 0.163. The molecule has 2 atom stereocenters. The Balaban J connectivity index is 2.06. The van der Waals surface area contributed by atoms with Crippen molar-refractivity contribution in [1.82, 2.24) is 15.1 Å². The van der Waals surface area contributed by atoms with Gasteiger partial charge in [0.1, 0.15) is 0 Å². The first kappa shape index (κ1) is 16.0. The van der Waals surface area contributed by atoms with Crippen LogP contribution in [0, 0.1) is 0 Å². The summed E-state index contributed by atoms with van der Waals surface area (Å²) in [5.74, 6) is 0.206. The molecular formula is C17H27N3O. The number of piperazine rings is 1. The Hall–Kier alpha value is -1.39. The van der Waals surface area contributed by atoms with Gasteiger partial charge in [-0.2, -0.15) is 0 Å². The van der Waals surface area contributed by atoms with Crippen molar-refractivity contribution in [1.29, 1.82) is 0 Å². The van der Waals surface area contributed by atoms with Gasteiger partial charge in [0.25, 0.3) is 0 Å². The first-order valence-electron chi connectivity index (χ1n) is 7.88. The summed E-state index contributed by atoms with van der Waals surface area (Å²) in [7, 11) is 2.12. The van der Waals surface area contributed by atoms with Gasteiger partial charge in [-0.15, -0.1) is 0 Å². The molecular weight excluding hydrogens is 262 g/mol. The van der Waals surface area contributed by atoms with E-state index in [9.17, 15) is 4.79 Å². The molecule has 0 saturated carbocycles. The van der Waals surface area contributed by atoms with Gasteiger partial charge in [-0.1, -0.05) is 37.3 Å². The van der Waals surface area contributed by atoms with Crippen molar-refractivity contribution in [2.24, 2.45) is 0 Å². The van der Waals surface area contributed by atoms with E-state index in [0.29, 0.717) is 12.6 Å². The number of nitrogens with zero attached hydrogens (tertiary/aromatic N) is 2. The predicted molar refractivity (Wildman–Crippen MR) is 86.1 cm³/mol. The monoisotopic (exact) mass is 289 g/mol. The largest absolute Gasteiger partial charge is 0.332 e. The number of benzene rings is 1. The Kier molecular flexibility index (Phi) is 5.76. The lowest BCUT2D eigenvalue weighted by Crippen LogP contribution is -2.51. The highest BCUT2D eigenvalue weighted by Gasteiger charge is 2.29.